The lowest BCUT2D eigenvalue weighted by Gasteiger charge is -2.31. The van der Waals surface area contributed by atoms with Gasteiger partial charge in [-0.15, -0.1) is 0 Å². The summed E-state index contributed by atoms with van der Waals surface area (Å²) in [6.07, 6.45) is 1.37. The number of anilines is 2. The molecule has 1 saturated heterocycles. The first-order valence-electron chi connectivity index (χ1n) is 14.5. The van der Waals surface area contributed by atoms with Gasteiger partial charge in [-0.25, -0.2) is 22.3 Å². The Morgan fingerprint density at radius 1 is 0.977 bits per heavy atom. The van der Waals surface area contributed by atoms with Gasteiger partial charge < -0.3 is 10.6 Å². The van der Waals surface area contributed by atoms with Crippen LogP contribution in [0.1, 0.15) is 55.7 Å². The quantitative estimate of drug-likeness (QED) is 0.202. The lowest BCUT2D eigenvalue weighted by Crippen LogP contribution is -2.33. The molecule has 8 nitrogen and oxygen atoms in total. The summed E-state index contributed by atoms with van der Waals surface area (Å²) in [5.41, 5.74) is 3.55. The second-order valence-electron chi connectivity index (χ2n) is 12.1. The van der Waals surface area contributed by atoms with Crippen molar-refractivity contribution in [1.82, 2.24) is 15.1 Å². The van der Waals surface area contributed by atoms with Crippen molar-refractivity contribution in [2.45, 2.75) is 56.1 Å². The van der Waals surface area contributed by atoms with Crippen molar-refractivity contribution in [3.63, 3.8) is 0 Å². The second-order valence-corrected chi connectivity index (χ2v) is 14.2. The first-order valence-corrected chi connectivity index (χ1v) is 16.0. The summed E-state index contributed by atoms with van der Waals surface area (Å²) < 4.78 is 43.2. The Bertz CT molecular complexity index is 1690. The van der Waals surface area contributed by atoms with Gasteiger partial charge in [-0.2, -0.15) is 5.10 Å². The van der Waals surface area contributed by atoms with Gasteiger partial charge in [0.1, 0.15) is 11.6 Å². The lowest BCUT2D eigenvalue weighted by atomic mass is 9.90. The minimum Gasteiger partial charge on any atom is -0.317 e. The van der Waals surface area contributed by atoms with Crippen LogP contribution in [0.5, 0.6) is 0 Å². The highest BCUT2D eigenvalue weighted by atomic mass is 32.2. The number of halogens is 1. The molecule has 2 heterocycles. The van der Waals surface area contributed by atoms with Gasteiger partial charge in [0, 0.05) is 17.2 Å². The summed E-state index contributed by atoms with van der Waals surface area (Å²) in [6.45, 7) is 9.61. The van der Waals surface area contributed by atoms with Gasteiger partial charge in [-0.1, -0.05) is 50.6 Å². The van der Waals surface area contributed by atoms with Crippen molar-refractivity contribution in [1.29, 1.82) is 0 Å². The van der Waals surface area contributed by atoms with Crippen LogP contribution >= 0.6 is 0 Å². The van der Waals surface area contributed by atoms with E-state index >= 15 is 0 Å². The molecule has 10 heteroatoms. The fourth-order valence-corrected chi connectivity index (χ4v) is 7.51. The van der Waals surface area contributed by atoms with Crippen LogP contribution in [0, 0.1) is 18.7 Å². The number of nitrogens with zero attached hydrogens (tertiary/aromatic N) is 2. The number of benzene rings is 3. The average molecular weight is 604 g/mol. The number of aryl methyl sites for hydroxylation is 1. The molecule has 1 unspecified atom stereocenters. The van der Waals surface area contributed by atoms with E-state index in [1.165, 1.54) is 24.3 Å². The number of hydrogen-bond donors (Lipinski definition) is 3. The third kappa shape index (κ3) is 6.97. The van der Waals surface area contributed by atoms with E-state index in [9.17, 15) is 17.6 Å². The molecular formula is C33H38FN5O3S. The van der Waals surface area contributed by atoms with Crippen LogP contribution in [0.15, 0.2) is 83.8 Å². The smallest absolute Gasteiger partial charge is 0.317 e. The van der Waals surface area contributed by atoms with Crippen molar-refractivity contribution in [3.8, 4) is 5.69 Å². The Morgan fingerprint density at radius 2 is 1.65 bits per heavy atom. The Kier molecular flexibility index (Phi) is 8.71. The highest BCUT2D eigenvalue weighted by Gasteiger charge is 2.37. The highest BCUT2D eigenvalue weighted by molar-refractivity contribution is 7.91. The number of carbonyl (C=O) groups excluding carboxylic acids is 1. The fraction of sp³-hybridized carbons (Fsp3) is 0.333. The molecule has 2 amide bonds. The van der Waals surface area contributed by atoms with Gasteiger partial charge in [-0.05, 0) is 92.9 Å². The fourth-order valence-electron chi connectivity index (χ4n) is 5.41. The predicted molar refractivity (Wildman–Crippen MR) is 168 cm³/mol. The second kappa shape index (κ2) is 12.3. The molecule has 1 atom stereocenters. The first-order chi connectivity index (χ1) is 20.4. The van der Waals surface area contributed by atoms with Crippen molar-refractivity contribution >= 4 is 27.4 Å². The molecule has 1 aliphatic rings. The minimum atomic E-state index is -3.85. The van der Waals surface area contributed by atoms with E-state index in [4.69, 9.17) is 5.10 Å². The average Bonchev–Trinajstić information content (AvgIpc) is 3.39. The highest BCUT2D eigenvalue weighted by Crippen LogP contribution is 2.40. The Hall–Kier alpha value is -4.02. The van der Waals surface area contributed by atoms with Crippen molar-refractivity contribution in [2.24, 2.45) is 5.92 Å². The molecule has 3 N–H and O–H groups in total. The van der Waals surface area contributed by atoms with Gasteiger partial charge in [0.15, 0.2) is 9.84 Å². The van der Waals surface area contributed by atoms with Crippen LogP contribution in [0.3, 0.4) is 0 Å². The van der Waals surface area contributed by atoms with Crippen molar-refractivity contribution in [3.05, 3.63) is 102 Å². The van der Waals surface area contributed by atoms with Gasteiger partial charge in [-0.3, -0.25) is 5.32 Å². The van der Waals surface area contributed by atoms with Crippen LogP contribution in [0.2, 0.25) is 0 Å². The van der Waals surface area contributed by atoms with Crippen LogP contribution in [0.25, 0.3) is 5.69 Å². The summed E-state index contributed by atoms with van der Waals surface area (Å²) in [5, 5.41) is 13.0. The number of urea groups is 1. The summed E-state index contributed by atoms with van der Waals surface area (Å²) in [7, 11) is -3.85. The number of sulfone groups is 1. The zero-order chi connectivity index (χ0) is 30.8. The summed E-state index contributed by atoms with van der Waals surface area (Å²) in [6, 6.07) is 21.2. The van der Waals surface area contributed by atoms with E-state index in [1.54, 1.807) is 28.9 Å². The number of aromatic nitrogens is 2. The molecule has 0 spiro atoms. The number of amides is 2. The maximum Gasteiger partial charge on any atom is 0.324 e. The third-order valence-corrected chi connectivity index (χ3v) is 10.0. The molecule has 1 aromatic heterocycles. The summed E-state index contributed by atoms with van der Waals surface area (Å²) in [5.74, 6) is -0.123. The minimum absolute atomic E-state index is 0.0764. The predicted octanol–water partition coefficient (Wildman–Crippen LogP) is 6.78. The largest absolute Gasteiger partial charge is 0.324 e. The standard InChI is InChI=1S/C33H38FN5O3S/c1-22-8-12-27(13-9-22)39-30(21-29(38-39)33(2,3)4)37-32(40)36-26-7-5-6-24(20-26)31(23-16-18-35-19-17-23)43(41,42)28-14-10-25(34)11-15-28/h5-15,20-21,23,31,35H,16-19H2,1-4H3,(H2,36,37,40). The maximum absolute atomic E-state index is 13.9. The lowest BCUT2D eigenvalue weighted by molar-refractivity contribution is 0.262. The normalized spacial score (nSPS) is 15.2. The Morgan fingerprint density at radius 3 is 2.30 bits per heavy atom. The molecule has 1 aliphatic heterocycles. The van der Waals surface area contributed by atoms with Gasteiger partial charge in [0.05, 0.1) is 21.5 Å². The molecule has 4 aromatic rings. The van der Waals surface area contributed by atoms with Crippen molar-refractivity contribution in [2.75, 3.05) is 23.7 Å². The van der Waals surface area contributed by atoms with E-state index in [-0.39, 0.29) is 16.2 Å². The Balaban J connectivity index is 1.43. The van der Waals surface area contributed by atoms with Crippen LogP contribution < -0.4 is 16.0 Å². The molecule has 0 bridgehead atoms. The maximum atomic E-state index is 13.9. The molecule has 226 valence electrons. The van der Waals surface area contributed by atoms with Gasteiger partial charge in [0.25, 0.3) is 0 Å². The van der Waals surface area contributed by atoms with E-state index in [1.807, 2.05) is 37.3 Å². The molecule has 0 saturated carbocycles. The molecule has 3 aromatic carbocycles. The van der Waals surface area contributed by atoms with Crippen LogP contribution in [0.4, 0.5) is 20.7 Å². The van der Waals surface area contributed by atoms with Gasteiger partial charge >= 0.3 is 6.03 Å². The van der Waals surface area contributed by atoms with Gasteiger partial charge in [0.2, 0.25) is 0 Å². The SMILES string of the molecule is Cc1ccc(-n2nc(C(C)(C)C)cc2NC(=O)Nc2cccc(C(C3CCNCC3)S(=O)(=O)c3ccc(F)cc3)c2)cc1. The van der Waals surface area contributed by atoms with Crippen LogP contribution in [-0.4, -0.2) is 37.3 Å². The summed E-state index contributed by atoms with van der Waals surface area (Å²) >= 11 is 0. The third-order valence-electron chi connectivity index (χ3n) is 7.76. The monoisotopic (exact) mass is 603 g/mol. The molecule has 1 fully saturated rings. The van der Waals surface area contributed by atoms with E-state index in [0.29, 0.717) is 43.0 Å². The first kappa shape index (κ1) is 30.4. The zero-order valence-corrected chi connectivity index (χ0v) is 25.7. The van der Waals surface area contributed by atoms with Crippen LogP contribution in [-0.2, 0) is 15.3 Å². The number of carbonyl (C=O) groups is 1. The van der Waals surface area contributed by atoms with E-state index < -0.39 is 26.9 Å². The number of rotatable bonds is 7. The molecule has 5 rings (SSSR count). The number of piperidine rings is 1. The molecule has 43 heavy (non-hydrogen) atoms. The molecule has 0 radical (unpaired) electrons. The number of hydrogen-bond acceptors (Lipinski definition) is 5. The van der Waals surface area contributed by atoms with Crippen molar-refractivity contribution < 1.29 is 17.6 Å². The summed E-state index contributed by atoms with van der Waals surface area (Å²) in [4.78, 5) is 13.4. The van der Waals surface area contributed by atoms with E-state index in [2.05, 4.69) is 36.7 Å². The Labute approximate surface area is 252 Å². The van der Waals surface area contributed by atoms with E-state index in [0.717, 1.165) is 16.9 Å². The number of nitrogens with one attached hydrogen (secondary N) is 3. The zero-order valence-electron chi connectivity index (χ0n) is 24.9. The molecular weight excluding hydrogens is 565 g/mol. The topological polar surface area (TPSA) is 105 Å². The molecule has 0 aliphatic carbocycles.